The van der Waals surface area contributed by atoms with Crippen LogP contribution in [-0.2, 0) is 11.3 Å². The Morgan fingerprint density at radius 1 is 1.03 bits per heavy atom. The Bertz CT molecular complexity index is 1210. The van der Waals surface area contributed by atoms with Gasteiger partial charge in [-0.15, -0.1) is 0 Å². The van der Waals surface area contributed by atoms with Crippen LogP contribution in [0.15, 0.2) is 82.8 Å². The molecule has 30 heavy (non-hydrogen) atoms. The fourth-order valence-electron chi connectivity index (χ4n) is 3.97. The van der Waals surface area contributed by atoms with Crippen LogP contribution in [0.3, 0.4) is 0 Å². The molecule has 2 amide bonds. The molecule has 2 aliphatic heterocycles. The first kappa shape index (κ1) is 18.2. The molecule has 2 unspecified atom stereocenters. The van der Waals surface area contributed by atoms with Crippen LogP contribution in [0.5, 0.6) is 0 Å². The smallest absolute Gasteiger partial charge is 0.344 e. The summed E-state index contributed by atoms with van der Waals surface area (Å²) in [7, 11) is 0. The van der Waals surface area contributed by atoms with E-state index in [1.807, 2.05) is 54.6 Å². The van der Waals surface area contributed by atoms with E-state index in [2.05, 4.69) is 51.1 Å². The van der Waals surface area contributed by atoms with Gasteiger partial charge < -0.3 is 10.1 Å². The zero-order valence-corrected chi connectivity index (χ0v) is 16.5. The van der Waals surface area contributed by atoms with Gasteiger partial charge in [0.25, 0.3) is 0 Å². The van der Waals surface area contributed by atoms with Crippen molar-refractivity contribution in [3.63, 3.8) is 0 Å². The van der Waals surface area contributed by atoms with Crippen molar-refractivity contribution in [2.24, 2.45) is 9.98 Å². The molecule has 0 aliphatic carbocycles. The van der Waals surface area contributed by atoms with E-state index in [-0.39, 0.29) is 12.1 Å². The minimum absolute atomic E-state index is 0.293. The Morgan fingerprint density at radius 2 is 1.83 bits per heavy atom. The minimum Gasteiger partial charge on any atom is -0.422 e. The molecule has 3 aromatic rings. The minimum atomic E-state index is -0.408. The van der Waals surface area contributed by atoms with E-state index in [1.165, 1.54) is 10.9 Å². The topological polar surface area (TPSA) is 66.9 Å². The van der Waals surface area contributed by atoms with E-state index in [1.54, 1.807) is 0 Å². The molecular formula is C24H21N4O2+. The standard InChI is InChI=1S/C24H20N4O2/c1-2-28-18(13-12-16-8-6-7-11-19(16)28)14-15-20-25-22-21(17-9-4-3-5-10-17)26-24(29)27-23(22)30-20/h3-15,21-22H,2H2,1H3/p+1/b15-14+. The lowest BCUT2D eigenvalue weighted by Crippen LogP contribution is -2.42. The van der Waals surface area contributed by atoms with Crippen LogP contribution >= 0.6 is 0 Å². The normalized spacial score (nSPS) is 20.5. The Balaban J connectivity index is 1.46. The molecule has 148 valence electrons. The van der Waals surface area contributed by atoms with Crippen molar-refractivity contribution in [2.45, 2.75) is 25.6 Å². The van der Waals surface area contributed by atoms with Crippen LogP contribution in [0.4, 0.5) is 4.79 Å². The molecular weight excluding hydrogens is 376 g/mol. The van der Waals surface area contributed by atoms with Gasteiger partial charge in [0, 0.05) is 29.7 Å². The molecule has 0 radical (unpaired) electrons. The zero-order chi connectivity index (χ0) is 20.5. The first-order valence-corrected chi connectivity index (χ1v) is 10.0. The van der Waals surface area contributed by atoms with E-state index in [4.69, 9.17) is 4.74 Å². The maximum atomic E-state index is 12.0. The second-order valence-electron chi connectivity index (χ2n) is 7.20. The van der Waals surface area contributed by atoms with Crippen molar-refractivity contribution < 1.29 is 14.1 Å². The van der Waals surface area contributed by atoms with E-state index in [0.29, 0.717) is 11.8 Å². The summed E-state index contributed by atoms with van der Waals surface area (Å²) in [5, 5.41) is 4.09. The van der Waals surface area contributed by atoms with Crippen LogP contribution in [0, 0.1) is 0 Å². The van der Waals surface area contributed by atoms with Gasteiger partial charge in [-0.25, -0.2) is 9.79 Å². The van der Waals surface area contributed by atoms with Crippen molar-refractivity contribution in [1.82, 2.24) is 5.32 Å². The fraction of sp³-hybridized carbons (Fsp3) is 0.167. The van der Waals surface area contributed by atoms with E-state index in [9.17, 15) is 4.79 Å². The maximum absolute atomic E-state index is 12.0. The van der Waals surface area contributed by atoms with Crippen molar-refractivity contribution >= 4 is 34.8 Å². The van der Waals surface area contributed by atoms with Crippen molar-refractivity contribution in [2.75, 3.05) is 0 Å². The Kier molecular flexibility index (Phi) is 4.59. The third-order valence-electron chi connectivity index (χ3n) is 5.38. The SMILES string of the molecule is CC[n+]1c(/C=C/C2=NC3C(=NC(=O)NC3c3ccccc3)O2)ccc2ccccc21. The largest absolute Gasteiger partial charge is 0.422 e. The number of para-hydroxylation sites is 1. The molecule has 2 atom stereocenters. The summed E-state index contributed by atoms with van der Waals surface area (Å²) >= 11 is 0. The number of benzene rings is 2. The van der Waals surface area contributed by atoms with Gasteiger partial charge in [-0.05, 0) is 24.6 Å². The Hall–Kier alpha value is -3.80. The van der Waals surface area contributed by atoms with Gasteiger partial charge >= 0.3 is 6.03 Å². The molecule has 0 saturated heterocycles. The summed E-state index contributed by atoms with van der Waals surface area (Å²) in [6, 6.07) is 21.2. The highest BCUT2D eigenvalue weighted by Crippen LogP contribution is 2.28. The predicted octanol–water partition coefficient (Wildman–Crippen LogP) is 3.82. The zero-order valence-electron chi connectivity index (χ0n) is 16.5. The lowest BCUT2D eigenvalue weighted by Gasteiger charge is -2.24. The Morgan fingerprint density at radius 3 is 2.67 bits per heavy atom. The highest BCUT2D eigenvalue weighted by molar-refractivity contribution is 6.10. The molecule has 6 heteroatoms. The summed E-state index contributed by atoms with van der Waals surface area (Å²) in [5.41, 5.74) is 3.20. The lowest BCUT2D eigenvalue weighted by molar-refractivity contribution is -0.669. The Labute approximate surface area is 174 Å². The number of ether oxygens (including phenoxy) is 1. The van der Waals surface area contributed by atoms with Gasteiger partial charge in [0.1, 0.15) is 6.54 Å². The van der Waals surface area contributed by atoms with Crippen LogP contribution in [0.2, 0.25) is 0 Å². The fourth-order valence-corrected chi connectivity index (χ4v) is 3.97. The summed E-state index contributed by atoms with van der Waals surface area (Å²) < 4.78 is 8.05. The van der Waals surface area contributed by atoms with E-state index < -0.39 is 6.03 Å². The molecule has 1 aromatic heterocycles. The highest BCUT2D eigenvalue weighted by Gasteiger charge is 2.39. The molecule has 2 aliphatic rings. The van der Waals surface area contributed by atoms with Gasteiger partial charge in [0.05, 0.1) is 6.04 Å². The number of carbonyl (C=O) groups is 1. The number of nitrogens with zero attached hydrogens (tertiary/aromatic N) is 3. The second-order valence-corrected chi connectivity index (χ2v) is 7.20. The predicted molar refractivity (Wildman–Crippen MR) is 116 cm³/mol. The molecule has 5 rings (SSSR count). The molecule has 6 nitrogen and oxygen atoms in total. The molecule has 0 fully saturated rings. The van der Waals surface area contributed by atoms with Crippen LogP contribution in [-0.4, -0.2) is 23.9 Å². The van der Waals surface area contributed by atoms with Crippen LogP contribution in [0.1, 0.15) is 24.2 Å². The number of pyridine rings is 1. The van der Waals surface area contributed by atoms with Crippen molar-refractivity contribution in [3.8, 4) is 0 Å². The third-order valence-corrected chi connectivity index (χ3v) is 5.38. The summed E-state index contributed by atoms with van der Waals surface area (Å²) in [5.74, 6) is 0.793. The molecule has 3 heterocycles. The van der Waals surface area contributed by atoms with Gasteiger partial charge in [-0.2, -0.15) is 9.56 Å². The number of carbonyl (C=O) groups excluding carboxylic acids is 1. The van der Waals surface area contributed by atoms with Crippen LogP contribution < -0.4 is 9.88 Å². The number of amides is 2. The van der Waals surface area contributed by atoms with Crippen molar-refractivity contribution in [1.29, 1.82) is 0 Å². The lowest BCUT2D eigenvalue weighted by atomic mass is 9.99. The number of hydrogen-bond acceptors (Lipinski definition) is 3. The highest BCUT2D eigenvalue weighted by atomic mass is 16.5. The number of nitrogens with one attached hydrogen (secondary N) is 1. The number of aryl methyl sites for hydroxylation is 1. The maximum Gasteiger partial charge on any atom is 0.344 e. The molecule has 0 spiro atoms. The van der Waals surface area contributed by atoms with Gasteiger partial charge in [0.2, 0.25) is 23.0 Å². The number of aliphatic imine (C=N–C) groups is 2. The average Bonchev–Trinajstić information content (AvgIpc) is 3.20. The summed E-state index contributed by atoms with van der Waals surface area (Å²) in [6.45, 7) is 2.97. The van der Waals surface area contributed by atoms with Gasteiger partial charge in [-0.1, -0.05) is 42.5 Å². The molecule has 0 saturated carbocycles. The monoisotopic (exact) mass is 397 g/mol. The summed E-state index contributed by atoms with van der Waals surface area (Å²) in [6.07, 6.45) is 3.82. The molecule has 1 N–H and O–H groups in total. The number of hydrogen-bond donors (Lipinski definition) is 1. The van der Waals surface area contributed by atoms with Crippen LogP contribution in [0.25, 0.3) is 17.0 Å². The first-order valence-electron chi connectivity index (χ1n) is 10.0. The number of rotatable bonds is 4. The second kappa shape index (κ2) is 7.55. The van der Waals surface area contributed by atoms with Gasteiger partial charge in [0.15, 0.2) is 6.04 Å². The first-order chi connectivity index (χ1) is 14.7. The third kappa shape index (κ3) is 3.26. The van der Waals surface area contributed by atoms with E-state index >= 15 is 0 Å². The summed E-state index contributed by atoms with van der Waals surface area (Å²) in [4.78, 5) is 20.7. The molecule has 0 bridgehead atoms. The van der Waals surface area contributed by atoms with Gasteiger partial charge in [-0.3, -0.25) is 0 Å². The van der Waals surface area contributed by atoms with E-state index in [0.717, 1.165) is 17.8 Å². The average molecular weight is 397 g/mol. The quantitative estimate of drug-likeness (QED) is 0.680. The van der Waals surface area contributed by atoms with Crippen molar-refractivity contribution in [3.05, 3.63) is 84.1 Å². The molecule has 2 aromatic carbocycles. The number of urea groups is 1. The number of fused-ring (bicyclic) bond motifs is 2. The number of aromatic nitrogens is 1.